The smallest absolute Gasteiger partial charge is 0.497 e. The molecule has 0 aromatic heterocycles. The number of methoxy groups -OCH3 is 2. The molecule has 0 bridgehead atoms. The molecule has 172 valence electrons. The van der Waals surface area contributed by atoms with Crippen LogP contribution in [-0.4, -0.2) is 28.1 Å². The molecule has 1 N–H and O–H groups in total. The van der Waals surface area contributed by atoms with Gasteiger partial charge in [0.1, 0.15) is 17.2 Å². The van der Waals surface area contributed by atoms with Crippen LogP contribution in [0.15, 0.2) is 53.0 Å². The largest absolute Gasteiger partial charge is 0.534 e. The maximum atomic E-state index is 12.9. The Morgan fingerprint density at radius 3 is 2.31 bits per heavy atom. The van der Waals surface area contributed by atoms with Crippen molar-refractivity contribution in [2.24, 2.45) is 0 Å². The van der Waals surface area contributed by atoms with Gasteiger partial charge in [0.25, 0.3) is 0 Å². The minimum absolute atomic E-state index is 0.0334. The van der Waals surface area contributed by atoms with E-state index in [1.54, 1.807) is 36.4 Å². The molecule has 0 radical (unpaired) electrons. The average molecular weight is 534 g/mol. The predicted molar refractivity (Wildman–Crippen MR) is 117 cm³/mol. The zero-order valence-electron chi connectivity index (χ0n) is 17.0. The van der Waals surface area contributed by atoms with Crippen molar-refractivity contribution in [3.05, 3.63) is 64.1 Å². The van der Waals surface area contributed by atoms with Crippen LogP contribution >= 0.6 is 15.9 Å². The SMILES string of the molecule is COc1ccc(CNCc2c(OS(=O)(=O)C(F)(F)F)ccc3ccc(Br)cc23)c(OC)c1. The summed E-state index contributed by atoms with van der Waals surface area (Å²) in [6.45, 7) is 0.328. The summed E-state index contributed by atoms with van der Waals surface area (Å²) in [4.78, 5) is 0. The third-order valence-electron chi connectivity index (χ3n) is 4.65. The van der Waals surface area contributed by atoms with Crippen LogP contribution in [0.3, 0.4) is 0 Å². The highest BCUT2D eigenvalue weighted by atomic mass is 79.9. The van der Waals surface area contributed by atoms with E-state index in [4.69, 9.17) is 9.47 Å². The van der Waals surface area contributed by atoms with Crippen LogP contribution in [0, 0.1) is 0 Å². The monoisotopic (exact) mass is 533 g/mol. The van der Waals surface area contributed by atoms with Gasteiger partial charge in [0.2, 0.25) is 0 Å². The Hall–Kier alpha value is -2.50. The Labute approximate surface area is 191 Å². The second kappa shape index (κ2) is 9.55. The Kier molecular flexibility index (Phi) is 7.21. The quantitative estimate of drug-likeness (QED) is 0.319. The van der Waals surface area contributed by atoms with Crippen LogP contribution in [0.5, 0.6) is 17.2 Å². The molecular formula is C21H19BrF3NO5S. The number of hydrogen-bond donors (Lipinski definition) is 1. The van der Waals surface area contributed by atoms with Crippen molar-refractivity contribution >= 4 is 36.8 Å². The maximum Gasteiger partial charge on any atom is 0.534 e. The van der Waals surface area contributed by atoms with E-state index in [1.807, 2.05) is 0 Å². The molecule has 3 rings (SSSR count). The molecule has 32 heavy (non-hydrogen) atoms. The van der Waals surface area contributed by atoms with Crippen molar-refractivity contribution in [1.29, 1.82) is 0 Å². The molecule has 0 unspecified atom stereocenters. The summed E-state index contributed by atoms with van der Waals surface area (Å²) in [5.41, 5.74) is -4.50. The standard InChI is InChI=1S/C21H19BrF3NO5S/c1-29-16-7-4-14(20(10-16)30-2)11-26-12-18-17-9-15(22)6-3-13(17)5-8-19(18)31-32(27,28)21(23,24)25/h3-10,26H,11-12H2,1-2H3. The third kappa shape index (κ3) is 5.28. The summed E-state index contributed by atoms with van der Waals surface area (Å²) in [5.74, 6) is 0.772. The van der Waals surface area contributed by atoms with E-state index in [0.29, 0.717) is 33.3 Å². The van der Waals surface area contributed by atoms with Gasteiger partial charge >= 0.3 is 15.6 Å². The first-order valence-electron chi connectivity index (χ1n) is 9.19. The van der Waals surface area contributed by atoms with E-state index in [0.717, 1.165) is 5.56 Å². The normalized spacial score (nSPS) is 12.1. The Morgan fingerprint density at radius 2 is 1.66 bits per heavy atom. The molecule has 0 saturated heterocycles. The van der Waals surface area contributed by atoms with Crippen molar-refractivity contribution < 1.29 is 35.2 Å². The van der Waals surface area contributed by atoms with Crippen LogP contribution in [0.4, 0.5) is 13.2 Å². The summed E-state index contributed by atoms with van der Waals surface area (Å²) in [6.07, 6.45) is 0. The molecule has 0 aliphatic heterocycles. The van der Waals surface area contributed by atoms with E-state index in [9.17, 15) is 21.6 Å². The number of benzene rings is 3. The summed E-state index contributed by atoms with van der Waals surface area (Å²) >= 11 is 3.33. The fourth-order valence-corrected chi connectivity index (χ4v) is 3.93. The summed E-state index contributed by atoms with van der Waals surface area (Å²) < 4.78 is 77.5. The van der Waals surface area contributed by atoms with Gasteiger partial charge in [-0.05, 0) is 35.0 Å². The first kappa shape index (κ1) is 24.1. The second-order valence-electron chi connectivity index (χ2n) is 6.67. The third-order valence-corrected chi connectivity index (χ3v) is 6.11. The van der Waals surface area contributed by atoms with Gasteiger partial charge in [-0.1, -0.05) is 34.1 Å². The minimum atomic E-state index is -5.82. The molecular weight excluding hydrogens is 515 g/mol. The number of hydrogen-bond acceptors (Lipinski definition) is 6. The van der Waals surface area contributed by atoms with Gasteiger partial charge in [0, 0.05) is 34.8 Å². The van der Waals surface area contributed by atoms with Gasteiger partial charge in [-0.15, -0.1) is 0 Å². The van der Waals surface area contributed by atoms with Crippen LogP contribution < -0.4 is 19.0 Å². The number of halogens is 4. The second-order valence-corrected chi connectivity index (χ2v) is 9.13. The van der Waals surface area contributed by atoms with Crippen molar-refractivity contribution in [3.8, 4) is 17.2 Å². The Morgan fingerprint density at radius 1 is 0.938 bits per heavy atom. The zero-order valence-corrected chi connectivity index (χ0v) is 19.4. The van der Waals surface area contributed by atoms with Crippen molar-refractivity contribution in [3.63, 3.8) is 0 Å². The number of fused-ring (bicyclic) bond motifs is 1. The molecule has 3 aromatic rings. The highest BCUT2D eigenvalue weighted by molar-refractivity contribution is 9.10. The molecule has 0 fully saturated rings. The predicted octanol–water partition coefficient (Wildman–Crippen LogP) is 5.14. The van der Waals surface area contributed by atoms with Crippen LogP contribution in [0.2, 0.25) is 0 Å². The van der Waals surface area contributed by atoms with E-state index >= 15 is 0 Å². The Bertz CT molecular complexity index is 1230. The molecule has 0 aliphatic carbocycles. The topological polar surface area (TPSA) is 73.9 Å². The molecule has 0 atom stereocenters. The van der Waals surface area contributed by atoms with E-state index in [-0.39, 0.29) is 12.1 Å². The van der Waals surface area contributed by atoms with Gasteiger partial charge in [-0.2, -0.15) is 21.6 Å². The van der Waals surface area contributed by atoms with Crippen LogP contribution in [-0.2, 0) is 23.2 Å². The van der Waals surface area contributed by atoms with Crippen LogP contribution in [0.1, 0.15) is 11.1 Å². The van der Waals surface area contributed by atoms with Crippen molar-refractivity contribution in [1.82, 2.24) is 5.32 Å². The molecule has 3 aromatic carbocycles. The van der Waals surface area contributed by atoms with E-state index < -0.39 is 21.4 Å². The van der Waals surface area contributed by atoms with E-state index in [2.05, 4.69) is 25.4 Å². The van der Waals surface area contributed by atoms with Gasteiger partial charge in [0.05, 0.1) is 14.2 Å². The summed E-state index contributed by atoms with van der Waals surface area (Å²) in [5, 5.41) is 4.37. The fraction of sp³-hybridized carbons (Fsp3) is 0.238. The summed E-state index contributed by atoms with van der Waals surface area (Å²) in [6, 6.07) is 13.2. The van der Waals surface area contributed by atoms with Crippen molar-refractivity contribution in [2.75, 3.05) is 14.2 Å². The molecule has 0 heterocycles. The van der Waals surface area contributed by atoms with Crippen molar-refractivity contribution in [2.45, 2.75) is 18.6 Å². The highest BCUT2D eigenvalue weighted by Gasteiger charge is 2.48. The lowest BCUT2D eigenvalue weighted by Gasteiger charge is -2.16. The first-order valence-corrected chi connectivity index (χ1v) is 11.4. The lowest BCUT2D eigenvalue weighted by Crippen LogP contribution is -2.28. The van der Waals surface area contributed by atoms with Crippen LogP contribution in [0.25, 0.3) is 10.8 Å². The van der Waals surface area contributed by atoms with Gasteiger partial charge < -0.3 is 19.0 Å². The number of rotatable bonds is 8. The van der Waals surface area contributed by atoms with Gasteiger partial charge in [0.15, 0.2) is 0 Å². The molecule has 11 heteroatoms. The number of ether oxygens (including phenoxy) is 2. The fourth-order valence-electron chi connectivity index (χ4n) is 3.08. The lowest BCUT2D eigenvalue weighted by molar-refractivity contribution is -0.0500. The van der Waals surface area contributed by atoms with Gasteiger partial charge in [-0.3, -0.25) is 0 Å². The lowest BCUT2D eigenvalue weighted by atomic mass is 10.0. The van der Waals surface area contributed by atoms with E-state index in [1.165, 1.54) is 26.4 Å². The summed E-state index contributed by atoms with van der Waals surface area (Å²) in [7, 11) is -2.78. The zero-order chi connectivity index (χ0) is 23.5. The molecule has 0 aliphatic rings. The first-order chi connectivity index (χ1) is 15.1. The maximum absolute atomic E-state index is 12.9. The molecule has 0 amide bonds. The molecule has 0 spiro atoms. The minimum Gasteiger partial charge on any atom is -0.497 e. The number of alkyl halides is 3. The molecule has 6 nitrogen and oxygen atoms in total. The Balaban J connectivity index is 1.94. The van der Waals surface area contributed by atoms with Gasteiger partial charge in [-0.25, -0.2) is 0 Å². The average Bonchev–Trinajstić information content (AvgIpc) is 2.74. The highest BCUT2D eigenvalue weighted by Crippen LogP contribution is 2.34. The number of nitrogens with one attached hydrogen (secondary N) is 1. The molecule has 0 saturated carbocycles.